The highest BCUT2D eigenvalue weighted by Crippen LogP contribution is 2.38. The average molecular weight is 423 g/mol. The van der Waals surface area contributed by atoms with Gasteiger partial charge in [0.2, 0.25) is 5.76 Å². The number of fused-ring (bicyclic) bond motifs is 2. The number of amides is 1. The van der Waals surface area contributed by atoms with Gasteiger partial charge in [0.25, 0.3) is 5.91 Å². The quantitative estimate of drug-likeness (QED) is 0.585. The van der Waals surface area contributed by atoms with Gasteiger partial charge in [0.05, 0.1) is 17.0 Å². The highest BCUT2D eigenvalue weighted by Gasteiger charge is 2.42. The van der Waals surface area contributed by atoms with E-state index in [1.807, 2.05) is 38.4 Å². The van der Waals surface area contributed by atoms with Crippen LogP contribution in [0.5, 0.6) is 0 Å². The van der Waals surface area contributed by atoms with Crippen molar-refractivity contribution in [2.24, 2.45) is 0 Å². The summed E-state index contributed by atoms with van der Waals surface area (Å²) in [6.07, 6.45) is 0.760. The number of nitrogens with zero attached hydrogens (tertiary/aromatic N) is 2. The Morgan fingerprint density at radius 3 is 2.45 bits per heavy atom. The van der Waals surface area contributed by atoms with Gasteiger partial charge in [0.15, 0.2) is 5.43 Å². The lowest BCUT2D eigenvalue weighted by molar-refractivity contribution is 0.0722. The van der Waals surface area contributed by atoms with E-state index in [0.29, 0.717) is 18.0 Å². The smallest absolute Gasteiger partial charge is 0.290 e. The molecule has 31 heavy (non-hydrogen) atoms. The highest BCUT2D eigenvalue weighted by molar-refractivity contribution is 5.99. The maximum Gasteiger partial charge on any atom is 0.290 e. The molecule has 0 radical (unpaired) electrons. The molecule has 0 spiro atoms. The van der Waals surface area contributed by atoms with E-state index in [1.54, 1.807) is 4.90 Å². The third kappa shape index (κ3) is 3.88. The zero-order chi connectivity index (χ0) is 22.3. The van der Waals surface area contributed by atoms with Crippen molar-refractivity contribution in [3.63, 3.8) is 0 Å². The van der Waals surface area contributed by atoms with Gasteiger partial charge in [-0.25, -0.2) is 4.39 Å². The lowest BCUT2D eigenvalue weighted by Gasteiger charge is -2.26. The number of rotatable bonds is 6. The van der Waals surface area contributed by atoms with E-state index in [9.17, 15) is 14.0 Å². The number of hydrogen-bond donors (Lipinski definition) is 0. The number of hydrogen-bond acceptors (Lipinski definition) is 4. The summed E-state index contributed by atoms with van der Waals surface area (Å²) in [4.78, 5) is 30.5. The minimum absolute atomic E-state index is 0.0619. The molecule has 0 fully saturated rings. The molecule has 4 rings (SSSR count). The zero-order valence-electron chi connectivity index (χ0n) is 18.3. The summed E-state index contributed by atoms with van der Waals surface area (Å²) in [6, 6.07) is 11.3. The lowest BCUT2D eigenvalue weighted by Crippen LogP contribution is -2.32. The molecule has 1 aromatic heterocycles. The van der Waals surface area contributed by atoms with Gasteiger partial charge >= 0.3 is 0 Å². The summed E-state index contributed by atoms with van der Waals surface area (Å²) in [5, 5.41) is 0.158. The first-order valence-electron chi connectivity index (χ1n) is 10.6. The van der Waals surface area contributed by atoms with Gasteiger partial charge in [0, 0.05) is 6.54 Å². The van der Waals surface area contributed by atoms with Crippen LogP contribution in [-0.4, -0.2) is 42.9 Å². The van der Waals surface area contributed by atoms with Gasteiger partial charge in [-0.15, -0.1) is 0 Å². The fraction of sp³-hybridized carbons (Fsp3) is 0.360. The number of halogens is 1. The monoisotopic (exact) mass is 422 g/mol. The molecule has 162 valence electrons. The number of carbonyl (C=O) groups excluding carboxylic acids is 1. The van der Waals surface area contributed by atoms with Crippen molar-refractivity contribution in [1.29, 1.82) is 0 Å². The van der Waals surface area contributed by atoms with Gasteiger partial charge in [-0.2, -0.15) is 0 Å². The second-order valence-corrected chi connectivity index (χ2v) is 8.69. The van der Waals surface area contributed by atoms with Gasteiger partial charge < -0.3 is 14.2 Å². The summed E-state index contributed by atoms with van der Waals surface area (Å²) < 4.78 is 19.7. The minimum Gasteiger partial charge on any atom is -0.450 e. The van der Waals surface area contributed by atoms with Crippen molar-refractivity contribution in [3.8, 4) is 0 Å². The zero-order valence-corrected chi connectivity index (χ0v) is 18.3. The first-order chi connectivity index (χ1) is 14.8. The second-order valence-electron chi connectivity index (χ2n) is 8.69. The van der Waals surface area contributed by atoms with E-state index in [4.69, 9.17) is 4.42 Å². The van der Waals surface area contributed by atoms with Crippen molar-refractivity contribution in [1.82, 2.24) is 9.80 Å². The van der Waals surface area contributed by atoms with Crippen molar-refractivity contribution in [2.45, 2.75) is 32.2 Å². The van der Waals surface area contributed by atoms with Crippen LogP contribution in [0.15, 0.2) is 51.7 Å². The van der Waals surface area contributed by atoms with E-state index in [2.05, 4.69) is 18.7 Å². The van der Waals surface area contributed by atoms with Crippen molar-refractivity contribution in [3.05, 3.63) is 81.0 Å². The number of carbonyl (C=O) groups is 1. The van der Waals surface area contributed by atoms with E-state index in [-0.39, 0.29) is 28.1 Å². The van der Waals surface area contributed by atoms with E-state index in [1.165, 1.54) is 23.8 Å². The highest BCUT2D eigenvalue weighted by atomic mass is 19.1. The number of benzene rings is 2. The molecule has 1 aliphatic heterocycles. The van der Waals surface area contributed by atoms with E-state index >= 15 is 0 Å². The van der Waals surface area contributed by atoms with Crippen LogP contribution in [0.1, 0.15) is 59.5 Å². The predicted molar refractivity (Wildman–Crippen MR) is 119 cm³/mol. The molecule has 0 bridgehead atoms. The maximum absolute atomic E-state index is 13.8. The molecule has 0 saturated heterocycles. The van der Waals surface area contributed by atoms with Crippen molar-refractivity contribution >= 4 is 16.9 Å². The molecule has 1 atom stereocenters. The summed E-state index contributed by atoms with van der Waals surface area (Å²) in [5.41, 5.74) is 2.20. The second kappa shape index (κ2) is 8.27. The molecule has 1 aliphatic rings. The fourth-order valence-corrected chi connectivity index (χ4v) is 4.19. The van der Waals surface area contributed by atoms with Crippen LogP contribution < -0.4 is 5.43 Å². The Bertz CT molecular complexity index is 1180. The van der Waals surface area contributed by atoms with Gasteiger partial charge in [-0.3, -0.25) is 9.59 Å². The molecule has 2 aromatic carbocycles. The van der Waals surface area contributed by atoms with E-state index in [0.717, 1.165) is 18.5 Å². The van der Waals surface area contributed by atoms with Gasteiger partial charge in [-0.05, 0) is 62.3 Å². The molecule has 1 unspecified atom stereocenters. The van der Waals surface area contributed by atoms with Crippen LogP contribution in [-0.2, 0) is 0 Å². The first kappa shape index (κ1) is 21.2. The Kier molecular flexibility index (Phi) is 5.67. The topological polar surface area (TPSA) is 53.8 Å². The molecule has 5 nitrogen and oxygen atoms in total. The molecule has 2 heterocycles. The van der Waals surface area contributed by atoms with Crippen LogP contribution in [0.25, 0.3) is 11.0 Å². The molecule has 3 aromatic rings. The van der Waals surface area contributed by atoms with Crippen LogP contribution in [0, 0.1) is 5.82 Å². The fourth-order valence-electron chi connectivity index (χ4n) is 4.19. The van der Waals surface area contributed by atoms with Crippen molar-refractivity contribution < 1.29 is 13.6 Å². The van der Waals surface area contributed by atoms with Crippen LogP contribution >= 0.6 is 0 Å². The Balaban J connectivity index is 1.86. The van der Waals surface area contributed by atoms with Gasteiger partial charge in [0.1, 0.15) is 11.4 Å². The SMILES string of the molecule is CC(C)c1ccc(C2c3c(oc4ccc(F)cc4c3=O)C(=O)N2CCCN(C)C)cc1. The molecule has 0 saturated carbocycles. The molecule has 0 aliphatic carbocycles. The van der Waals surface area contributed by atoms with Crippen LogP contribution in [0.3, 0.4) is 0 Å². The van der Waals surface area contributed by atoms with Crippen LogP contribution in [0.4, 0.5) is 4.39 Å². The summed E-state index contributed by atoms with van der Waals surface area (Å²) >= 11 is 0. The normalized spacial score (nSPS) is 16.0. The Morgan fingerprint density at radius 2 is 1.81 bits per heavy atom. The van der Waals surface area contributed by atoms with Crippen LogP contribution in [0.2, 0.25) is 0 Å². The third-order valence-corrected chi connectivity index (χ3v) is 5.85. The molecule has 0 N–H and O–H groups in total. The first-order valence-corrected chi connectivity index (χ1v) is 10.6. The van der Waals surface area contributed by atoms with Gasteiger partial charge in [-0.1, -0.05) is 38.1 Å². The minimum atomic E-state index is -0.546. The maximum atomic E-state index is 13.8. The standard InChI is InChI=1S/C25H27FN2O3/c1-15(2)16-6-8-17(9-7-16)22-21-23(29)19-14-18(26)10-11-20(19)31-24(21)25(30)28(22)13-5-12-27(3)4/h6-11,14-15,22H,5,12-13H2,1-4H3. The molecular formula is C25H27FN2O3. The Labute approximate surface area is 181 Å². The molecule has 1 amide bonds. The largest absolute Gasteiger partial charge is 0.450 e. The predicted octanol–water partition coefficient (Wildman–Crippen LogP) is 4.55. The van der Waals surface area contributed by atoms with E-state index < -0.39 is 11.9 Å². The molecule has 6 heteroatoms. The van der Waals surface area contributed by atoms with Crippen molar-refractivity contribution in [2.75, 3.05) is 27.2 Å². The lowest BCUT2D eigenvalue weighted by atomic mass is 9.95. The Hall–Kier alpha value is -2.99. The third-order valence-electron chi connectivity index (χ3n) is 5.85. The summed E-state index contributed by atoms with van der Waals surface area (Å²) in [6.45, 7) is 5.54. The molecular weight excluding hydrogens is 395 g/mol. The Morgan fingerprint density at radius 1 is 1.10 bits per heavy atom. The summed E-state index contributed by atoms with van der Waals surface area (Å²) in [7, 11) is 3.96. The average Bonchev–Trinajstić information content (AvgIpc) is 3.01. The summed E-state index contributed by atoms with van der Waals surface area (Å²) in [5.74, 6) is -0.369.